The van der Waals surface area contributed by atoms with Gasteiger partial charge in [0, 0.05) is 0 Å². The van der Waals surface area contributed by atoms with Crippen molar-refractivity contribution in [2.24, 2.45) is 0 Å². The highest BCUT2D eigenvalue weighted by Gasteiger charge is 2.26. The van der Waals surface area contributed by atoms with Gasteiger partial charge in [0.2, 0.25) is 7.59 Å². The van der Waals surface area contributed by atoms with Crippen molar-refractivity contribution in [3.8, 4) is 0 Å². The van der Waals surface area contributed by atoms with Crippen LogP contribution in [-0.2, 0) is 0 Å². The van der Waals surface area contributed by atoms with Crippen LogP contribution in [0, 0.1) is 0 Å². The second-order valence-electron chi connectivity index (χ2n) is 2.32. The minimum Gasteiger partial charge on any atom is -0.119 e. The van der Waals surface area contributed by atoms with E-state index >= 15 is 0 Å². The molecule has 0 aliphatic heterocycles. The van der Waals surface area contributed by atoms with Gasteiger partial charge in [0.1, 0.15) is 0 Å². The van der Waals surface area contributed by atoms with E-state index in [1.165, 1.54) is 0 Å². The number of hydrogen-bond donors (Lipinski definition) is 0. The van der Waals surface area contributed by atoms with Crippen molar-refractivity contribution in [1.29, 1.82) is 0 Å². The van der Waals surface area contributed by atoms with Crippen molar-refractivity contribution in [2.45, 2.75) is 32.2 Å². The average Bonchev–Trinajstić information content (AvgIpc) is 1.83. The van der Waals surface area contributed by atoms with Gasteiger partial charge >= 0.3 is 0 Å². The Balaban J connectivity index is 0. The Kier molecular flexibility index (Phi) is 10.2. The molecule has 0 N–H and O–H groups in total. The van der Waals surface area contributed by atoms with E-state index in [4.69, 9.17) is 92.8 Å². The quantitative estimate of drug-likeness (QED) is 0.465. The van der Waals surface area contributed by atoms with E-state index in [0.29, 0.717) is 0 Å². The minimum atomic E-state index is -1.32. The molecule has 14 heavy (non-hydrogen) atoms. The van der Waals surface area contributed by atoms with Crippen molar-refractivity contribution in [3.05, 3.63) is 0 Å². The highest BCUT2D eigenvalue weighted by atomic mass is 35.6. The minimum absolute atomic E-state index is 0.433. The lowest BCUT2D eigenvalue weighted by molar-refractivity contribution is 0.984. The zero-order valence-corrected chi connectivity index (χ0v) is 13.2. The molecule has 0 aliphatic rings. The molecule has 0 amide bonds. The molecule has 0 rings (SSSR count). The lowest BCUT2D eigenvalue weighted by atomic mass is 10.5. The summed E-state index contributed by atoms with van der Waals surface area (Å²) in [5.41, 5.74) is 0. The van der Waals surface area contributed by atoms with Gasteiger partial charge in [-0.3, -0.25) is 0 Å². The Labute approximate surface area is 124 Å². The van der Waals surface area contributed by atoms with E-state index in [0.717, 1.165) is 0 Å². The first kappa shape index (κ1) is 18.7. The van der Waals surface area contributed by atoms with E-state index in [2.05, 4.69) is 0 Å². The third-order valence-electron chi connectivity index (χ3n) is 0.902. The SMILES string of the molecule is CC(Cl)C(Cl)(Cl)Cl.CC(Cl)C(Cl)(Cl)Cl. The Morgan fingerprint density at radius 2 is 0.714 bits per heavy atom. The van der Waals surface area contributed by atoms with Crippen LogP contribution in [0.4, 0.5) is 0 Å². The van der Waals surface area contributed by atoms with Crippen LogP contribution in [0.2, 0.25) is 0 Å². The summed E-state index contributed by atoms with van der Waals surface area (Å²) >= 11 is 42.3. The zero-order chi connectivity index (χ0) is 12.2. The van der Waals surface area contributed by atoms with E-state index in [9.17, 15) is 0 Å². The summed E-state index contributed by atoms with van der Waals surface area (Å²) in [4.78, 5) is 0. The van der Waals surface area contributed by atoms with Crippen molar-refractivity contribution in [1.82, 2.24) is 0 Å². The Morgan fingerprint density at radius 3 is 0.714 bits per heavy atom. The highest BCUT2D eigenvalue weighted by molar-refractivity contribution is 6.70. The molecular weight excluding hydrogens is 356 g/mol. The van der Waals surface area contributed by atoms with Gasteiger partial charge in [-0.15, -0.1) is 23.2 Å². The van der Waals surface area contributed by atoms with Gasteiger partial charge in [0.15, 0.2) is 0 Å². The van der Waals surface area contributed by atoms with E-state index in [1.807, 2.05) is 0 Å². The number of rotatable bonds is 0. The molecule has 0 bridgehead atoms. The summed E-state index contributed by atoms with van der Waals surface area (Å²) in [5, 5.41) is -0.866. The predicted molar refractivity (Wildman–Crippen MR) is 71.2 cm³/mol. The van der Waals surface area contributed by atoms with Crippen LogP contribution in [0.3, 0.4) is 0 Å². The van der Waals surface area contributed by atoms with Crippen molar-refractivity contribution in [2.75, 3.05) is 0 Å². The fraction of sp³-hybridized carbons (Fsp3) is 1.00. The van der Waals surface area contributed by atoms with Crippen LogP contribution in [0.5, 0.6) is 0 Å². The molecule has 0 nitrogen and oxygen atoms in total. The maximum atomic E-state index is 5.36. The normalized spacial score (nSPS) is 16.7. The largest absolute Gasteiger partial charge is 0.206 e. The molecule has 0 heterocycles. The molecule has 0 aromatic rings. The van der Waals surface area contributed by atoms with Gasteiger partial charge in [-0.25, -0.2) is 0 Å². The molecular formula is C6H8Cl8. The zero-order valence-electron chi connectivity index (χ0n) is 7.18. The van der Waals surface area contributed by atoms with Crippen LogP contribution in [0.15, 0.2) is 0 Å². The molecule has 0 saturated heterocycles. The average molecular weight is 364 g/mol. The Morgan fingerprint density at radius 1 is 0.643 bits per heavy atom. The van der Waals surface area contributed by atoms with Gasteiger partial charge in [-0.2, -0.15) is 0 Å². The highest BCUT2D eigenvalue weighted by Crippen LogP contribution is 2.33. The number of halogens is 8. The van der Waals surface area contributed by atoms with Gasteiger partial charge in [0.05, 0.1) is 10.8 Å². The molecule has 2 atom stereocenters. The fourth-order valence-electron chi connectivity index (χ4n) is 0. The summed E-state index contributed by atoms with van der Waals surface area (Å²) in [6.07, 6.45) is 0. The summed E-state index contributed by atoms with van der Waals surface area (Å²) in [5.74, 6) is 0. The van der Waals surface area contributed by atoms with Crippen molar-refractivity contribution < 1.29 is 0 Å². The van der Waals surface area contributed by atoms with E-state index in [1.54, 1.807) is 13.8 Å². The van der Waals surface area contributed by atoms with E-state index in [-0.39, 0.29) is 0 Å². The number of hydrogen-bond acceptors (Lipinski definition) is 0. The summed E-state index contributed by atoms with van der Waals surface area (Å²) < 4.78 is -2.64. The van der Waals surface area contributed by atoms with Crippen LogP contribution < -0.4 is 0 Å². The molecule has 0 aromatic carbocycles. The standard InChI is InChI=1S/2C3H4Cl4/c2*1-2(4)3(5,6)7/h2*2H,1H3. The van der Waals surface area contributed by atoms with Gasteiger partial charge < -0.3 is 0 Å². The summed E-state index contributed by atoms with van der Waals surface area (Å²) in [6.45, 7) is 3.24. The molecule has 0 aromatic heterocycles. The summed E-state index contributed by atoms with van der Waals surface area (Å²) in [7, 11) is 0. The Bertz CT molecular complexity index is 123. The molecule has 0 fully saturated rings. The van der Waals surface area contributed by atoms with Gasteiger partial charge in [-0.1, -0.05) is 69.6 Å². The third-order valence-corrected chi connectivity index (χ3v) is 4.19. The summed E-state index contributed by atoms with van der Waals surface area (Å²) in [6, 6.07) is 0. The lowest BCUT2D eigenvalue weighted by Crippen LogP contribution is -2.14. The molecule has 0 radical (unpaired) electrons. The molecule has 0 spiro atoms. The van der Waals surface area contributed by atoms with Crippen LogP contribution >= 0.6 is 92.8 Å². The number of alkyl halides is 8. The Hall–Kier alpha value is 2.32. The monoisotopic (exact) mass is 360 g/mol. The van der Waals surface area contributed by atoms with Crippen LogP contribution in [0.1, 0.15) is 13.8 Å². The second kappa shape index (κ2) is 7.61. The predicted octanol–water partition coefficient (Wildman–Crippen LogP) is 5.97. The maximum Gasteiger partial charge on any atom is 0.206 e. The topological polar surface area (TPSA) is 0 Å². The van der Waals surface area contributed by atoms with Crippen molar-refractivity contribution >= 4 is 92.8 Å². The fourth-order valence-corrected chi connectivity index (χ4v) is 0. The van der Waals surface area contributed by atoms with Gasteiger partial charge in [-0.05, 0) is 13.8 Å². The van der Waals surface area contributed by atoms with E-state index < -0.39 is 18.3 Å². The van der Waals surface area contributed by atoms with Crippen molar-refractivity contribution in [3.63, 3.8) is 0 Å². The molecule has 88 valence electrons. The third kappa shape index (κ3) is 12.4. The first-order chi connectivity index (χ1) is 5.89. The molecule has 0 aliphatic carbocycles. The second-order valence-corrected chi connectivity index (χ2v) is 8.36. The lowest BCUT2D eigenvalue weighted by Gasteiger charge is -2.11. The molecule has 0 saturated carbocycles. The molecule has 8 heteroatoms. The smallest absolute Gasteiger partial charge is 0.119 e. The van der Waals surface area contributed by atoms with Gasteiger partial charge in [0.25, 0.3) is 0 Å². The maximum absolute atomic E-state index is 5.36. The first-order valence-corrected chi connectivity index (χ1v) is 6.44. The van der Waals surface area contributed by atoms with Crippen LogP contribution in [0.25, 0.3) is 0 Å². The van der Waals surface area contributed by atoms with Crippen LogP contribution in [-0.4, -0.2) is 18.3 Å². The first-order valence-electron chi connectivity index (χ1n) is 3.30. The molecule has 2 unspecified atom stereocenters.